The molecule has 0 saturated heterocycles. The number of fused-ring (bicyclic) bond motifs is 1. The monoisotopic (exact) mass is 274 g/mol. The fraction of sp³-hybridized carbons (Fsp3) is 0.467. The van der Waals surface area contributed by atoms with Crippen molar-refractivity contribution in [1.82, 2.24) is 0 Å². The van der Waals surface area contributed by atoms with Gasteiger partial charge in [-0.25, -0.2) is 0 Å². The van der Waals surface area contributed by atoms with Crippen LogP contribution in [-0.2, 0) is 0 Å². The molecule has 1 saturated carbocycles. The minimum absolute atomic E-state index is 0.241. The molecule has 1 aliphatic heterocycles. The van der Waals surface area contributed by atoms with E-state index >= 15 is 0 Å². The molecular weight excluding hydrogens is 255 g/mol. The van der Waals surface area contributed by atoms with Gasteiger partial charge in [-0.05, 0) is 37.1 Å². The van der Waals surface area contributed by atoms with Gasteiger partial charge in [-0.3, -0.25) is 0 Å². The molecular formula is C15H19BO2S. The standard InChI is InChI=1S/C15H19BO2S/c1-19-15(11-12-7-3-2-4-8-12)16-17-13-9-5-6-10-14(13)18-16/h5-6,9-12H,2-4,7-8H2,1H3/b15-11-. The van der Waals surface area contributed by atoms with Gasteiger partial charge < -0.3 is 9.31 Å². The van der Waals surface area contributed by atoms with E-state index in [0.717, 1.165) is 11.5 Å². The lowest BCUT2D eigenvalue weighted by Crippen LogP contribution is -2.27. The van der Waals surface area contributed by atoms with Crippen LogP contribution in [0.25, 0.3) is 0 Å². The molecule has 0 unspecified atom stereocenters. The van der Waals surface area contributed by atoms with Gasteiger partial charge in [0.15, 0.2) is 0 Å². The van der Waals surface area contributed by atoms with Gasteiger partial charge in [0.2, 0.25) is 0 Å². The molecule has 2 nitrogen and oxygen atoms in total. The molecule has 1 aromatic carbocycles. The van der Waals surface area contributed by atoms with E-state index < -0.39 is 0 Å². The molecule has 19 heavy (non-hydrogen) atoms. The summed E-state index contributed by atoms with van der Waals surface area (Å²) < 4.78 is 11.8. The molecule has 0 radical (unpaired) electrons. The molecule has 2 aliphatic rings. The van der Waals surface area contributed by atoms with Gasteiger partial charge in [0.05, 0.1) is 0 Å². The van der Waals surface area contributed by atoms with Crippen LogP contribution < -0.4 is 9.31 Å². The molecule has 1 aliphatic carbocycles. The van der Waals surface area contributed by atoms with Gasteiger partial charge in [0.25, 0.3) is 0 Å². The summed E-state index contributed by atoms with van der Waals surface area (Å²) in [6.45, 7) is 0. The Labute approximate surface area is 119 Å². The first kappa shape index (κ1) is 13.0. The molecule has 3 rings (SSSR count). The smallest absolute Gasteiger partial charge is 0.519 e. The van der Waals surface area contributed by atoms with Crippen molar-refractivity contribution in [2.75, 3.05) is 6.26 Å². The maximum atomic E-state index is 5.89. The first-order valence-corrected chi connectivity index (χ1v) is 8.27. The quantitative estimate of drug-likeness (QED) is 0.765. The summed E-state index contributed by atoms with van der Waals surface area (Å²) in [6.07, 6.45) is 11.2. The van der Waals surface area contributed by atoms with Gasteiger partial charge in [0.1, 0.15) is 11.5 Å². The lowest BCUT2D eigenvalue weighted by Gasteiger charge is -2.19. The van der Waals surface area contributed by atoms with E-state index in [2.05, 4.69) is 12.3 Å². The van der Waals surface area contributed by atoms with Gasteiger partial charge >= 0.3 is 7.12 Å². The number of allylic oxidation sites excluding steroid dienone is 1. The van der Waals surface area contributed by atoms with Crippen molar-refractivity contribution >= 4 is 18.9 Å². The zero-order valence-corrected chi connectivity index (χ0v) is 12.1. The van der Waals surface area contributed by atoms with Crippen LogP contribution in [0.1, 0.15) is 32.1 Å². The minimum atomic E-state index is -0.241. The number of rotatable bonds is 3. The molecule has 0 bridgehead atoms. The van der Waals surface area contributed by atoms with Crippen molar-refractivity contribution in [1.29, 1.82) is 0 Å². The fourth-order valence-electron chi connectivity index (χ4n) is 2.79. The van der Waals surface area contributed by atoms with Crippen molar-refractivity contribution < 1.29 is 9.31 Å². The largest absolute Gasteiger partial charge is 0.639 e. The molecule has 1 heterocycles. The Bertz CT molecular complexity index is 444. The van der Waals surface area contributed by atoms with Crippen molar-refractivity contribution in [3.63, 3.8) is 0 Å². The van der Waals surface area contributed by atoms with Crippen LogP contribution >= 0.6 is 11.8 Å². The second-order valence-corrected chi connectivity index (χ2v) is 6.07. The van der Waals surface area contributed by atoms with Crippen LogP contribution in [0.2, 0.25) is 0 Å². The highest BCUT2D eigenvalue weighted by Crippen LogP contribution is 2.37. The van der Waals surface area contributed by atoms with E-state index in [4.69, 9.17) is 9.31 Å². The molecule has 1 fully saturated rings. The molecule has 0 amide bonds. The summed E-state index contributed by atoms with van der Waals surface area (Å²) in [7, 11) is -0.241. The molecule has 0 atom stereocenters. The van der Waals surface area contributed by atoms with Crippen molar-refractivity contribution in [3.8, 4) is 11.5 Å². The van der Waals surface area contributed by atoms with E-state index in [9.17, 15) is 0 Å². The van der Waals surface area contributed by atoms with E-state index in [1.165, 1.54) is 36.9 Å². The number of benzene rings is 1. The van der Waals surface area contributed by atoms with Crippen molar-refractivity contribution in [3.05, 3.63) is 35.1 Å². The molecule has 0 aromatic heterocycles. The summed E-state index contributed by atoms with van der Waals surface area (Å²) in [4.78, 5) is 1.21. The predicted octanol–water partition coefficient (Wildman–Crippen LogP) is 4.31. The number of hydrogen-bond donors (Lipinski definition) is 0. The maximum absolute atomic E-state index is 5.89. The minimum Gasteiger partial charge on any atom is -0.519 e. The summed E-state index contributed by atoms with van der Waals surface area (Å²) in [5.74, 6) is 2.42. The maximum Gasteiger partial charge on any atom is 0.639 e. The molecule has 100 valence electrons. The van der Waals surface area contributed by atoms with Crippen LogP contribution in [0.15, 0.2) is 35.1 Å². The number of thioether (sulfide) groups is 1. The van der Waals surface area contributed by atoms with E-state index in [1.807, 2.05) is 24.3 Å². The second-order valence-electron chi connectivity index (χ2n) is 5.19. The lowest BCUT2D eigenvalue weighted by atomic mass is 9.83. The van der Waals surface area contributed by atoms with Gasteiger partial charge in [-0.2, -0.15) is 0 Å². The Morgan fingerprint density at radius 2 is 1.79 bits per heavy atom. The Morgan fingerprint density at radius 1 is 1.16 bits per heavy atom. The average Bonchev–Trinajstić information content (AvgIpc) is 2.89. The Balaban J connectivity index is 1.72. The van der Waals surface area contributed by atoms with Crippen molar-refractivity contribution in [2.45, 2.75) is 32.1 Å². The summed E-state index contributed by atoms with van der Waals surface area (Å²) in [5, 5.41) is 0. The lowest BCUT2D eigenvalue weighted by molar-refractivity contribution is 0.418. The third-order valence-corrected chi connectivity index (χ3v) is 4.63. The van der Waals surface area contributed by atoms with Crippen molar-refractivity contribution in [2.24, 2.45) is 5.92 Å². The van der Waals surface area contributed by atoms with Crippen LogP contribution in [0.4, 0.5) is 0 Å². The van der Waals surface area contributed by atoms with Crippen LogP contribution in [0.5, 0.6) is 11.5 Å². The topological polar surface area (TPSA) is 18.5 Å². The summed E-state index contributed by atoms with van der Waals surface area (Å²) in [5.41, 5.74) is 0. The third-order valence-electron chi connectivity index (χ3n) is 3.83. The summed E-state index contributed by atoms with van der Waals surface area (Å²) >= 11 is 1.74. The highest BCUT2D eigenvalue weighted by Gasteiger charge is 2.36. The molecule has 0 N–H and O–H groups in total. The Kier molecular flexibility index (Phi) is 4.07. The van der Waals surface area contributed by atoms with Gasteiger partial charge in [-0.15, -0.1) is 11.8 Å². The van der Waals surface area contributed by atoms with Crippen LogP contribution in [-0.4, -0.2) is 13.4 Å². The average molecular weight is 274 g/mol. The normalized spacial score (nSPS) is 19.8. The van der Waals surface area contributed by atoms with E-state index in [1.54, 1.807) is 11.8 Å². The van der Waals surface area contributed by atoms with Gasteiger partial charge in [-0.1, -0.05) is 37.5 Å². The molecule has 0 spiro atoms. The first-order valence-electron chi connectivity index (χ1n) is 7.05. The summed E-state index contributed by atoms with van der Waals surface area (Å²) in [6, 6.07) is 7.89. The molecule has 1 aromatic rings. The number of para-hydroxylation sites is 2. The van der Waals surface area contributed by atoms with Crippen LogP contribution in [0.3, 0.4) is 0 Å². The fourth-order valence-corrected chi connectivity index (χ4v) is 3.41. The van der Waals surface area contributed by atoms with E-state index in [-0.39, 0.29) is 7.12 Å². The zero-order valence-electron chi connectivity index (χ0n) is 11.3. The molecule has 4 heteroatoms. The van der Waals surface area contributed by atoms with E-state index in [0.29, 0.717) is 5.92 Å². The SMILES string of the molecule is CS/C(=C\C1CCCCC1)B1Oc2ccccc2O1. The number of hydrogen-bond acceptors (Lipinski definition) is 3. The predicted molar refractivity (Wildman–Crippen MR) is 81.6 cm³/mol. The second kappa shape index (κ2) is 5.95. The Hall–Kier alpha value is -1.03. The highest BCUT2D eigenvalue weighted by molar-refractivity contribution is 8.04. The van der Waals surface area contributed by atoms with Crippen LogP contribution in [0, 0.1) is 5.92 Å². The van der Waals surface area contributed by atoms with Gasteiger partial charge in [0, 0.05) is 4.80 Å². The highest BCUT2D eigenvalue weighted by atomic mass is 32.2. The third kappa shape index (κ3) is 2.94. The zero-order chi connectivity index (χ0) is 13.1. The Morgan fingerprint density at radius 3 is 2.37 bits per heavy atom. The first-order chi connectivity index (χ1) is 9.36.